The summed E-state index contributed by atoms with van der Waals surface area (Å²) in [5.41, 5.74) is 0. The van der Waals surface area contributed by atoms with Gasteiger partial charge in [-0.3, -0.25) is 5.32 Å². The summed E-state index contributed by atoms with van der Waals surface area (Å²) in [6.07, 6.45) is 0. The van der Waals surface area contributed by atoms with Gasteiger partial charge in [0.05, 0.1) is 6.73 Å². The molecule has 0 aliphatic heterocycles. The van der Waals surface area contributed by atoms with Crippen LogP contribution in [0.5, 0.6) is 0 Å². The Balaban J connectivity index is 2.53. The molecule has 2 aromatic carbocycles. The zero-order valence-corrected chi connectivity index (χ0v) is 16.1. The zero-order chi connectivity index (χ0) is 17.6. The smallest absolute Gasteiger partial charge is 0.261 e. The van der Waals surface area contributed by atoms with Crippen LogP contribution in [0, 0.1) is 0 Å². The van der Waals surface area contributed by atoms with Crippen LogP contribution >= 0.6 is 0 Å². The van der Waals surface area contributed by atoms with Gasteiger partial charge in [0.25, 0.3) is 8.32 Å². The van der Waals surface area contributed by atoms with Gasteiger partial charge in [0, 0.05) is 12.6 Å². The molecule has 130 valence electrons. The van der Waals surface area contributed by atoms with Gasteiger partial charge in [0.1, 0.15) is 0 Å². The average Bonchev–Trinajstić information content (AvgIpc) is 2.56. The standard InChI is InChI=1S/C20H29NO2Si/c1-17(21-16-22)15-23-24(20(2,3)4,18-11-7-5-8-12-18)19-13-9-6-10-14-19/h5-14,17,21-22H,15-16H2,1-4H3/t17-/m0/s1. The number of benzene rings is 2. The van der Waals surface area contributed by atoms with Crippen molar-refractivity contribution in [2.75, 3.05) is 13.3 Å². The maximum atomic E-state index is 9.10. The van der Waals surface area contributed by atoms with Gasteiger partial charge in [-0.25, -0.2) is 0 Å². The van der Waals surface area contributed by atoms with E-state index in [1.54, 1.807) is 0 Å². The molecule has 3 nitrogen and oxygen atoms in total. The fraction of sp³-hybridized carbons (Fsp3) is 0.400. The summed E-state index contributed by atoms with van der Waals surface area (Å²) < 4.78 is 6.75. The minimum absolute atomic E-state index is 0.0192. The van der Waals surface area contributed by atoms with Gasteiger partial charge in [-0.1, -0.05) is 81.4 Å². The van der Waals surface area contributed by atoms with Crippen molar-refractivity contribution in [3.8, 4) is 0 Å². The van der Waals surface area contributed by atoms with Crippen LogP contribution in [0.4, 0.5) is 0 Å². The highest BCUT2D eigenvalue weighted by molar-refractivity contribution is 6.99. The number of aliphatic hydroxyl groups excluding tert-OH is 1. The number of aliphatic hydroxyl groups is 1. The van der Waals surface area contributed by atoms with E-state index in [2.05, 4.69) is 74.6 Å². The predicted octanol–water partition coefficient (Wildman–Crippen LogP) is 2.49. The molecule has 1 atom stereocenters. The SMILES string of the molecule is C[C@@H](CO[Si](c1ccccc1)(c1ccccc1)C(C)(C)C)NCO. The highest BCUT2D eigenvalue weighted by Crippen LogP contribution is 2.36. The molecule has 0 heterocycles. The molecule has 24 heavy (non-hydrogen) atoms. The Bertz CT molecular complexity index is 571. The molecular weight excluding hydrogens is 314 g/mol. The average molecular weight is 344 g/mol. The third-order valence-electron chi connectivity index (χ3n) is 4.41. The van der Waals surface area contributed by atoms with Crippen LogP contribution in [-0.4, -0.2) is 32.8 Å². The van der Waals surface area contributed by atoms with E-state index in [1.165, 1.54) is 10.4 Å². The van der Waals surface area contributed by atoms with Crippen molar-refractivity contribution in [2.45, 2.75) is 38.8 Å². The first-order valence-corrected chi connectivity index (χ1v) is 10.4. The van der Waals surface area contributed by atoms with Crippen molar-refractivity contribution in [1.29, 1.82) is 0 Å². The van der Waals surface area contributed by atoms with Gasteiger partial charge in [-0.05, 0) is 22.3 Å². The predicted molar refractivity (Wildman–Crippen MR) is 103 cm³/mol. The summed E-state index contributed by atoms with van der Waals surface area (Å²) in [5.74, 6) is 0. The van der Waals surface area contributed by atoms with E-state index in [9.17, 15) is 0 Å². The molecule has 2 aromatic rings. The van der Waals surface area contributed by atoms with Crippen molar-refractivity contribution >= 4 is 18.7 Å². The Kier molecular flexibility index (Phi) is 6.35. The lowest BCUT2D eigenvalue weighted by atomic mass is 10.2. The minimum Gasteiger partial charge on any atom is -0.406 e. The van der Waals surface area contributed by atoms with Crippen LogP contribution in [0.25, 0.3) is 0 Å². The van der Waals surface area contributed by atoms with Crippen LogP contribution in [0.15, 0.2) is 60.7 Å². The monoisotopic (exact) mass is 343 g/mol. The molecule has 0 radical (unpaired) electrons. The molecule has 0 aromatic heterocycles. The number of rotatable bonds is 7. The molecule has 0 fully saturated rings. The van der Waals surface area contributed by atoms with E-state index >= 15 is 0 Å². The first kappa shape index (κ1) is 18.9. The summed E-state index contributed by atoms with van der Waals surface area (Å²) >= 11 is 0. The molecule has 2 rings (SSSR count). The lowest BCUT2D eigenvalue weighted by molar-refractivity contribution is 0.201. The molecule has 0 bridgehead atoms. The van der Waals surface area contributed by atoms with E-state index in [0.717, 1.165) is 0 Å². The van der Waals surface area contributed by atoms with Crippen molar-refractivity contribution < 1.29 is 9.53 Å². The quantitative estimate of drug-likeness (QED) is 0.599. The number of hydrogen-bond donors (Lipinski definition) is 2. The molecule has 4 heteroatoms. The first-order chi connectivity index (χ1) is 11.4. The lowest BCUT2D eigenvalue weighted by Crippen LogP contribution is -2.67. The molecule has 0 unspecified atom stereocenters. The maximum Gasteiger partial charge on any atom is 0.261 e. The van der Waals surface area contributed by atoms with Crippen LogP contribution in [0.3, 0.4) is 0 Å². The largest absolute Gasteiger partial charge is 0.406 e. The van der Waals surface area contributed by atoms with Crippen molar-refractivity contribution in [2.24, 2.45) is 0 Å². The fourth-order valence-electron chi connectivity index (χ4n) is 3.23. The van der Waals surface area contributed by atoms with E-state index in [1.807, 2.05) is 19.1 Å². The van der Waals surface area contributed by atoms with E-state index < -0.39 is 8.32 Å². The Hall–Kier alpha value is -1.46. The summed E-state index contributed by atoms with van der Waals surface area (Å²) in [7, 11) is -2.46. The molecular formula is C20H29NO2Si. The van der Waals surface area contributed by atoms with E-state index in [4.69, 9.17) is 9.53 Å². The lowest BCUT2D eigenvalue weighted by Gasteiger charge is -2.43. The highest BCUT2D eigenvalue weighted by Gasteiger charge is 2.50. The van der Waals surface area contributed by atoms with Gasteiger partial charge < -0.3 is 9.53 Å². The molecule has 0 saturated heterocycles. The summed E-state index contributed by atoms with van der Waals surface area (Å²) in [5, 5.41) is 14.7. The van der Waals surface area contributed by atoms with Crippen molar-refractivity contribution in [3.05, 3.63) is 60.7 Å². The van der Waals surface area contributed by atoms with Gasteiger partial charge in [-0.15, -0.1) is 0 Å². The summed E-state index contributed by atoms with van der Waals surface area (Å²) in [4.78, 5) is 0. The fourth-order valence-corrected chi connectivity index (χ4v) is 7.88. The van der Waals surface area contributed by atoms with E-state index in [-0.39, 0.29) is 17.8 Å². The Morgan fingerprint density at radius 2 is 1.42 bits per heavy atom. The van der Waals surface area contributed by atoms with Crippen LogP contribution in [0.2, 0.25) is 5.04 Å². The third kappa shape index (κ3) is 3.95. The normalized spacial score (nSPS) is 13.7. The topological polar surface area (TPSA) is 41.5 Å². The summed E-state index contributed by atoms with van der Waals surface area (Å²) in [6, 6.07) is 21.3. The first-order valence-electron chi connectivity index (χ1n) is 8.51. The van der Waals surface area contributed by atoms with Crippen molar-refractivity contribution in [3.63, 3.8) is 0 Å². The molecule has 0 spiro atoms. The van der Waals surface area contributed by atoms with Gasteiger partial charge >= 0.3 is 0 Å². The zero-order valence-electron chi connectivity index (χ0n) is 15.1. The highest BCUT2D eigenvalue weighted by atomic mass is 28.4. The van der Waals surface area contributed by atoms with Gasteiger partial charge in [-0.2, -0.15) is 0 Å². The number of nitrogens with one attached hydrogen (secondary N) is 1. The molecule has 0 aliphatic rings. The minimum atomic E-state index is -2.46. The molecule has 0 saturated carbocycles. The molecule has 0 amide bonds. The maximum absolute atomic E-state index is 9.10. The molecule has 2 N–H and O–H groups in total. The van der Waals surface area contributed by atoms with Gasteiger partial charge in [0.2, 0.25) is 0 Å². The van der Waals surface area contributed by atoms with Crippen molar-refractivity contribution in [1.82, 2.24) is 5.32 Å². The van der Waals surface area contributed by atoms with Gasteiger partial charge in [0.15, 0.2) is 0 Å². The van der Waals surface area contributed by atoms with E-state index in [0.29, 0.717) is 6.61 Å². The number of hydrogen-bond acceptors (Lipinski definition) is 3. The van der Waals surface area contributed by atoms with Crippen LogP contribution < -0.4 is 15.7 Å². The third-order valence-corrected chi connectivity index (χ3v) is 9.41. The van der Waals surface area contributed by atoms with Crippen LogP contribution in [0.1, 0.15) is 27.7 Å². The summed E-state index contributed by atoms with van der Waals surface area (Å²) in [6.45, 7) is 9.36. The second kappa shape index (κ2) is 8.08. The Labute approximate surface area is 146 Å². The second-order valence-corrected chi connectivity index (χ2v) is 11.5. The molecule has 0 aliphatic carbocycles. The Morgan fingerprint density at radius 1 is 0.958 bits per heavy atom. The Morgan fingerprint density at radius 3 is 1.79 bits per heavy atom. The second-order valence-electron chi connectivity index (χ2n) is 7.24. The van der Waals surface area contributed by atoms with Crippen LogP contribution in [-0.2, 0) is 4.43 Å².